The van der Waals surface area contributed by atoms with E-state index in [-0.39, 0.29) is 10.5 Å². The van der Waals surface area contributed by atoms with Gasteiger partial charge in [0.2, 0.25) is 10.0 Å². The maximum Gasteiger partial charge on any atom is 0.338 e. The van der Waals surface area contributed by atoms with Crippen molar-refractivity contribution in [2.75, 3.05) is 26.1 Å². The first-order valence-electron chi connectivity index (χ1n) is 7.61. The van der Waals surface area contributed by atoms with Crippen LogP contribution in [0.1, 0.15) is 10.4 Å². The zero-order chi connectivity index (χ0) is 20.0. The highest BCUT2D eigenvalue weighted by atomic mass is 35.5. The minimum atomic E-state index is -3.70. The molecular formula is C17H17ClN2O6S. The van der Waals surface area contributed by atoms with E-state index >= 15 is 0 Å². The number of carbonyl (C=O) groups excluding carboxylic acids is 2. The van der Waals surface area contributed by atoms with Gasteiger partial charge in [0.25, 0.3) is 5.91 Å². The Labute approximate surface area is 161 Å². The molecule has 0 unspecified atom stereocenters. The number of methoxy groups -OCH3 is 1. The van der Waals surface area contributed by atoms with E-state index in [1.807, 2.05) is 0 Å². The van der Waals surface area contributed by atoms with Gasteiger partial charge in [0.15, 0.2) is 6.61 Å². The minimum absolute atomic E-state index is 0.00613. The molecule has 0 spiro atoms. The number of ether oxygens (including phenoxy) is 2. The second-order valence-corrected chi connectivity index (χ2v) is 7.50. The van der Waals surface area contributed by atoms with Gasteiger partial charge in [-0.1, -0.05) is 17.7 Å². The quantitative estimate of drug-likeness (QED) is 0.673. The van der Waals surface area contributed by atoms with E-state index in [4.69, 9.17) is 21.1 Å². The molecule has 1 amide bonds. The summed E-state index contributed by atoms with van der Waals surface area (Å²) in [5, 5.41) is 2.84. The summed E-state index contributed by atoms with van der Waals surface area (Å²) in [6, 6.07) is 9.94. The van der Waals surface area contributed by atoms with E-state index in [0.717, 1.165) is 6.07 Å². The summed E-state index contributed by atoms with van der Waals surface area (Å²) in [5.74, 6) is -0.952. The molecule has 0 aliphatic rings. The number of esters is 1. The van der Waals surface area contributed by atoms with E-state index in [0.29, 0.717) is 16.5 Å². The van der Waals surface area contributed by atoms with Crippen LogP contribution in [0.2, 0.25) is 5.02 Å². The lowest BCUT2D eigenvalue weighted by Crippen LogP contribution is -2.21. The standard InChI is InChI=1S/C17H17ClN2O6S/c1-19-27(23,24)13-5-3-4-11(8-13)17(22)26-10-16(21)20-12-6-7-15(25-2)14(18)9-12/h3-9,19H,10H2,1-2H3,(H,20,21). The van der Waals surface area contributed by atoms with Gasteiger partial charge in [0.05, 0.1) is 22.6 Å². The highest BCUT2D eigenvalue weighted by molar-refractivity contribution is 7.89. The lowest BCUT2D eigenvalue weighted by molar-refractivity contribution is -0.119. The van der Waals surface area contributed by atoms with Crippen LogP contribution in [0.25, 0.3) is 0 Å². The molecule has 0 saturated heterocycles. The van der Waals surface area contributed by atoms with Crippen LogP contribution in [0.15, 0.2) is 47.4 Å². The maximum atomic E-state index is 12.1. The third kappa shape index (κ3) is 5.43. The van der Waals surface area contributed by atoms with Crippen LogP contribution >= 0.6 is 11.6 Å². The number of amides is 1. The van der Waals surface area contributed by atoms with E-state index in [1.165, 1.54) is 38.4 Å². The van der Waals surface area contributed by atoms with Crippen molar-refractivity contribution in [3.05, 3.63) is 53.1 Å². The predicted octanol–water partition coefficient (Wildman–Crippen LogP) is 2.05. The first kappa shape index (κ1) is 20.7. The van der Waals surface area contributed by atoms with Crippen molar-refractivity contribution >= 4 is 39.2 Å². The minimum Gasteiger partial charge on any atom is -0.495 e. The zero-order valence-electron chi connectivity index (χ0n) is 14.5. The van der Waals surface area contributed by atoms with Gasteiger partial charge in [-0.25, -0.2) is 17.9 Å². The number of rotatable bonds is 7. The summed E-state index contributed by atoms with van der Waals surface area (Å²) in [5.41, 5.74) is 0.413. The molecule has 2 N–H and O–H groups in total. The fourth-order valence-electron chi connectivity index (χ4n) is 2.06. The Bertz CT molecular complexity index is 962. The van der Waals surface area contributed by atoms with Gasteiger partial charge in [-0.05, 0) is 43.4 Å². The Morgan fingerprint density at radius 1 is 1.15 bits per heavy atom. The molecule has 0 atom stereocenters. The van der Waals surface area contributed by atoms with E-state index < -0.39 is 28.5 Å². The molecule has 0 saturated carbocycles. The van der Waals surface area contributed by atoms with E-state index in [9.17, 15) is 18.0 Å². The molecule has 0 fully saturated rings. The summed E-state index contributed by atoms with van der Waals surface area (Å²) in [4.78, 5) is 23.9. The molecule has 0 aliphatic heterocycles. The van der Waals surface area contributed by atoms with Crippen molar-refractivity contribution in [2.24, 2.45) is 0 Å². The third-order valence-electron chi connectivity index (χ3n) is 3.42. The molecule has 0 aliphatic carbocycles. The van der Waals surface area contributed by atoms with Gasteiger partial charge in [0.1, 0.15) is 5.75 Å². The molecule has 0 bridgehead atoms. The Balaban J connectivity index is 1.98. The number of nitrogens with one attached hydrogen (secondary N) is 2. The van der Waals surface area contributed by atoms with Crippen LogP contribution in [0.5, 0.6) is 5.75 Å². The monoisotopic (exact) mass is 412 g/mol. The Morgan fingerprint density at radius 3 is 2.52 bits per heavy atom. The van der Waals surface area contributed by atoms with Gasteiger partial charge in [-0.2, -0.15) is 0 Å². The second-order valence-electron chi connectivity index (χ2n) is 5.21. The maximum absolute atomic E-state index is 12.1. The first-order valence-corrected chi connectivity index (χ1v) is 9.47. The number of hydrogen-bond donors (Lipinski definition) is 2. The topological polar surface area (TPSA) is 111 Å². The SMILES string of the molecule is CNS(=O)(=O)c1cccc(C(=O)OCC(=O)Nc2ccc(OC)c(Cl)c2)c1. The van der Waals surface area contributed by atoms with Gasteiger partial charge in [-0.15, -0.1) is 0 Å². The summed E-state index contributed by atoms with van der Waals surface area (Å²) < 4.78 is 35.6. The third-order valence-corrected chi connectivity index (χ3v) is 5.13. The highest BCUT2D eigenvalue weighted by Gasteiger charge is 2.16. The summed E-state index contributed by atoms with van der Waals surface area (Å²) in [6.45, 7) is -0.550. The molecule has 0 aromatic heterocycles. The fourth-order valence-corrected chi connectivity index (χ4v) is 3.10. The molecule has 10 heteroatoms. The van der Waals surface area contributed by atoms with Crippen LogP contribution in [-0.2, 0) is 19.6 Å². The predicted molar refractivity (Wildman–Crippen MR) is 99.6 cm³/mol. The lowest BCUT2D eigenvalue weighted by atomic mass is 10.2. The van der Waals surface area contributed by atoms with Crippen LogP contribution < -0.4 is 14.8 Å². The van der Waals surface area contributed by atoms with Crippen LogP contribution in [0.3, 0.4) is 0 Å². The normalized spacial score (nSPS) is 10.9. The average molecular weight is 413 g/mol. The van der Waals surface area contributed by atoms with Gasteiger partial charge in [0, 0.05) is 5.69 Å². The molecule has 0 radical (unpaired) electrons. The van der Waals surface area contributed by atoms with Crippen molar-refractivity contribution in [2.45, 2.75) is 4.90 Å². The van der Waals surface area contributed by atoms with Crippen LogP contribution in [-0.4, -0.2) is 41.1 Å². The molecule has 2 rings (SSSR count). The second kappa shape index (κ2) is 8.85. The summed E-state index contributed by atoms with van der Waals surface area (Å²) in [7, 11) is -0.968. The lowest BCUT2D eigenvalue weighted by Gasteiger charge is -2.09. The molecule has 8 nitrogen and oxygen atoms in total. The number of sulfonamides is 1. The van der Waals surface area contributed by atoms with E-state index in [1.54, 1.807) is 12.1 Å². The van der Waals surface area contributed by atoms with Crippen molar-refractivity contribution in [3.8, 4) is 5.75 Å². The Morgan fingerprint density at radius 2 is 1.89 bits per heavy atom. The summed E-state index contributed by atoms with van der Waals surface area (Å²) in [6.07, 6.45) is 0. The van der Waals surface area contributed by atoms with E-state index in [2.05, 4.69) is 10.0 Å². The van der Waals surface area contributed by atoms with Crippen molar-refractivity contribution < 1.29 is 27.5 Å². The van der Waals surface area contributed by atoms with Crippen molar-refractivity contribution in [1.82, 2.24) is 4.72 Å². The number of carbonyl (C=O) groups is 2. The van der Waals surface area contributed by atoms with Gasteiger partial charge in [-0.3, -0.25) is 4.79 Å². The fraction of sp³-hybridized carbons (Fsp3) is 0.176. The number of halogens is 1. The van der Waals surface area contributed by atoms with Crippen LogP contribution in [0.4, 0.5) is 5.69 Å². The molecule has 2 aromatic carbocycles. The largest absolute Gasteiger partial charge is 0.495 e. The average Bonchev–Trinajstić information content (AvgIpc) is 2.66. The molecular weight excluding hydrogens is 396 g/mol. The van der Waals surface area contributed by atoms with Crippen molar-refractivity contribution in [1.29, 1.82) is 0 Å². The van der Waals surface area contributed by atoms with Gasteiger partial charge < -0.3 is 14.8 Å². The van der Waals surface area contributed by atoms with Gasteiger partial charge >= 0.3 is 5.97 Å². The molecule has 27 heavy (non-hydrogen) atoms. The molecule has 2 aromatic rings. The van der Waals surface area contributed by atoms with Crippen LogP contribution in [0, 0.1) is 0 Å². The highest BCUT2D eigenvalue weighted by Crippen LogP contribution is 2.27. The Hall–Kier alpha value is -2.62. The Kier molecular flexibility index (Phi) is 6.78. The smallest absolute Gasteiger partial charge is 0.338 e. The molecule has 0 heterocycles. The number of anilines is 1. The number of benzene rings is 2. The number of hydrogen-bond acceptors (Lipinski definition) is 6. The summed E-state index contributed by atoms with van der Waals surface area (Å²) >= 11 is 5.97. The van der Waals surface area contributed by atoms with Crippen molar-refractivity contribution in [3.63, 3.8) is 0 Å². The first-order chi connectivity index (χ1) is 12.8. The molecule has 144 valence electrons. The zero-order valence-corrected chi connectivity index (χ0v) is 16.1.